The van der Waals surface area contributed by atoms with E-state index in [1.54, 1.807) is 0 Å². The Morgan fingerprint density at radius 3 is 1.38 bits per heavy atom. The SMILES string of the molecule is CCCc1ccc(N=C=Nc2ccc(CCC)cc2)cc1. The molecule has 0 N–H and O–H groups in total. The molecule has 0 aliphatic rings. The zero-order chi connectivity index (χ0) is 14.9. The zero-order valence-corrected chi connectivity index (χ0v) is 12.8. The highest BCUT2D eigenvalue weighted by molar-refractivity contribution is 5.58. The van der Waals surface area contributed by atoms with Crippen LogP contribution in [0.1, 0.15) is 37.8 Å². The fourth-order valence-electron chi connectivity index (χ4n) is 2.19. The first-order valence-electron chi connectivity index (χ1n) is 7.66. The predicted molar refractivity (Wildman–Crippen MR) is 90.1 cm³/mol. The van der Waals surface area contributed by atoms with Gasteiger partial charge in [0, 0.05) is 0 Å². The molecule has 0 heterocycles. The lowest BCUT2D eigenvalue weighted by molar-refractivity contribution is 0.922. The minimum atomic E-state index is 0.890. The lowest BCUT2D eigenvalue weighted by Crippen LogP contribution is -1.80. The Kier molecular flexibility index (Phi) is 5.93. The van der Waals surface area contributed by atoms with Gasteiger partial charge in [-0.2, -0.15) is 9.98 Å². The average molecular weight is 278 g/mol. The van der Waals surface area contributed by atoms with Gasteiger partial charge in [-0.15, -0.1) is 0 Å². The zero-order valence-electron chi connectivity index (χ0n) is 12.8. The molecule has 2 heteroatoms. The molecule has 0 unspecified atom stereocenters. The molecule has 0 aromatic heterocycles. The molecule has 0 saturated heterocycles. The summed E-state index contributed by atoms with van der Waals surface area (Å²) in [6.45, 7) is 4.37. The minimum Gasteiger partial charge on any atom is -0.188 e. The Hall–Kier alpha value is -2.18. The highest BCUT2D eigenvalue weighted by Crippen LogP contribution is 2.15. The summed E-state index contributed by atoms with van der Waals surface area (Å²) in [7, 11) is 0. The first-order valence-corrected chi connectivity index (χ1v) is 7.66. The lowest BCUT2D eigenvalue weighted by atomic mass is 10.1. The number of nitrogens with zero attached hydrogens (tertiary/aromatic N) is 2. The van der Waals surface area contributed by atoms with Crippen molar-refractivity contribution in [2.45, 2.75) is 39.5 Å². The van der Waals surface area contributed by atoms with Crippen molar-refractivity contribution in [2.24, 2.45) is 9.98 Å². The van der Waals surface area contributed by atoms with E-state index < -0.39 is 0 Å². The van der Waals surface area contributed by atoms with E-state index in [0.29, 0.717) is 0 Å². The fourth-order valence-corrected chi connectivity index (χ4v) is 2.19. The highest BCUT2D eigenvalue weighted by Gasteiger charge is 1.93. The fraction of sp³-hybridized carbons (Fsp3) is 0.316. The number of benzene rings is 2. The lowest BCUT2D eigenvalue weighted by Gasteiger charge is -1.98. The maximum absolute atomic E-state index is 4.24. The molecular weight excluding hydrogens is 256 g/mol. The maximum Gasteiger partial charge on any atom is 0.100 e. The smallest absolute Gasteiger partial charge is 0.100 e. The minimum absolute atomic E-state index is 0.890. The molecule has 2 nitrogen and oxygen atoms in total. The van der Waals surface area contributed by atoms with E-state index in [0.717, 1.165) is 37.1 Å². The topological polar surface area (TPSA) is 24.7 Å². The Bertz CT molecular complexity index is 550. The van der Waals surface area contributed by atoms with Gasteiger partial charge in [0.15, 0.2) is 0 Å². The van der Waals surface area contributed by atoms with Crippen molar-refractivity contribution in [1.29, 1.82) is 0 Å². The van der Waals surface area contributed by atoms with Crippen molar-refractivity contribution in [1.82, 2.24) is 0 Å². The third-order valence-electron chi connectivity index (χ3n) is 3.31. The molecule has 21 heavy (non-hydrogen) atoms. The summed E-state index contributed by atoms with van der Waals surface area (Å²) in [5.74, 6) is 0. The number of rotatable bonds is 6. The standard InChI is InChI=1S/C19H22N2/c1-3-5-16-7-11-18(12-8-16)20-15-21-19-13-9-17(6-4-2)10-14-19/h7-14H,3-6H2,1-2H3. The van der Waals surface area contributed by atoms with Crippen LogP contribution in [0.3, 0.4) is 0 Å². The first-order chi connectivity index (χ1) is 10.3. The summed E-state index contributed by atoms with van der Waals surface area (Å²) in [6.07, 6.45) is 4.56. The largest absolute Gasteiger partial charge is 0.188 e. The van der Waals surface area contributed by atoms with Gasteiger partial charge in [-0.3, -0.25) is 0 Å². The van der Waals surface area contributed by atoms with Crippen LogP contribution in [0.2, 0.25) is 0 Å². The van der Waals surface area contributed by atoms with Crippen LogP contribution in [0.5, 0.6) is 0 Å². The van der Waals surface area contributed by atoms with E-state index in [1.807, 2.05) is 24.3 Å². The molecule has 0 aliphatic carbocycles. The van der Waals surface area contributed by atoms with Crippen LogP contribution in [0.4, 0.5) is 11.4 Å². The maximum atomic E-state index is 4.24. The third kappa shape index (κ3) is 5.02. The van der Waals surface area contributed by atoms with Crippen LogP contribution >= 0.6 is 0 Å². The molecule has 0 radical (unpaired) electrons. The van der Waals surface area contributed by atoms with Gasteiger partial charge in [0.2, 0.25) is 0 Å². The molecule has 0 fully saturated rings. The summed E-state index contributed by atoms with van der Waals surface area (Å²) in [4.78, 5) is 8.49. The Morgan fingerprint density at radius 1 is 0.667 bits per heavy atom. The van der Waals surface area contributed by atoms with E-state index >= 15 is 0 Å². The van der Waals surface area contributed by atoms with E-state index in [9.17, 15) is 0 Å². The van der Waals surface area contributed by atoms with Gasteiger partial charge >= 0.3 is 0 Å². The second kappa shape index (κ2) is 8.18. The third-order valence-corrected chi connectivity index (χ3v) is 3.31. The molecule has 2 rings (SSSR count). The van der Waals surface area contributed by atoms with Gasteiger partial charge in [0.25, 0.3) is 0 Å². The number of aryl methyl sites for hydroxylation is 2. The molecule has 0 amide bonds. The molecule has 2 aromatic rings. The quantitative estimate of drug-likeness (QED) is 0.603. The second-order valence-corrected chi connectivity index (χ2v) is 5.16. The van der Waals surface area contributed by atoms with E-state index in [-0.39, 0.29) is 0 Å². The summed E-state index contributed by atoms with van der Waals surface area (Å²) >= 11 is 0. The molecule has 0 aliphatic heterocycles. The van der Waals surface area contributed by atoms with Crippen molar-refractivity contribution < 1.29 is 0 Å². The normalized spacial score (nSPS) is 10.0. The van der Waals surface area contributed by atoms with Crippen LogP contribution in [-0.2, 0) is 12.8 Å². The van der Waals surface area contributed by atoms with Crippen LogP contribution in [-0.4, -0.2) is 6.01 Å². The van der Waals surface area contributed by atoms with Gasteiger partial charge in [-0.25, -0.2) is 0 Å². The molecule has 0 spiro atoms. The van der Waals surface area contributed by atoms with E-state index in [4.69, 9.17) is 0 Å². The summed E-state index contributed by atoms with van der Waals surface area (Å²) in [6, 6.07) is 19.3. The molecular formula is C19H22N2. The number of hydrogen-bond donors (Lipinski definition) is 0. The van der Waals surface area contributed by atoms with Gasteiger partial charge in [-0.1, -0.05) is 51.0 Å². The van der Waals surface area contributed by atoms with Crippen LogP contribution in [0.15, 0.2) is 58.5 Å². The summed E-state index contributed by atoms with van der Waals surface area (Å²) < 4.78 is 0. The van der Waals surface area contributed by atoms with Crippen LogP contribution in [0.25, 0.3) is 0 Å². The van der Waals surface area contributed by atoms with Crippen LogP contribution in [0, 0.1) is 0 Å². The van der Waals surface area contributed by atoms with Crippen molar-refractivity contribution in [3.8, 4) is 0 Å². The van der Waals surface area contributed by atoms with Crippen LogP contribution < -0.4 is 0 Å². The van der Waals surface area contributed by atoms with E-state index in [1.165, 1.54) is 11.1 Å². The van der Waals surface area contributed by atoms with Gasteiger partial charge < -0.3 is 0 Å². The van der Waals surface area contributed by atoms with Crippen molar-refractivity contribution in [3.05, 3.63) is 59.7 Å². The molecule has 2 aromatic carbocycles. The molecule has 0 bridgehead atoms. The van der Waals surface area contributed by atoms with Crippen molar-refractivity contribution in [2.75, 3.05) is 0 Å². The van der Waals surface area contributed by atoms with Gasteiger partial charge in [0.05, 0.1) is 11.4 Å². The monoisotopic (exact) mass is 278 g/mol. The number of hydrogen-bond acceptors (Lipinski definition) is 2. The number of aliphatic imine (C=N–C) groups is 2. The summed E-state index contributed by atoms with van der Waals surface area (Å²) in [5.41, 5.74) is 4.47. The highest BCUT2D eigenvalue weighted by atomic mass is 14.8. The Labute approximate surface area is 127 Å². The van der Waals surface area contributed by atoms with Gasteiger partial charge in [0.1, 0.15) is 6.01 Å². The van der Waals surface area contributed by atoms with Gasteiger partial charge in [-0.05, 0) is 48.2 Å². The first kappa shape index (κ1) is 15.2. The Morgan fingerprint density at radius 2 is 1.05 bits per heavy atom. The van der Waals surface area contributed by atoms with E-state index in [2.05, 4.69) is 54.1 Å². The molecule has 0 atom stereocenters. The van der Waals surface area contributed by atoms with Crippen molar-refractivity contribution in [3.63, 3.8) is 0 Å². The van der Waals surface area contributed by atoms with Crippen molar-refractivity contribution >= 4 is 17.4 Å². The summed E-state index contributed by atoms with van der Waals surface area (Å²) in [5, 5.41) is 0. The average Bonchev–Trinajstić information content (AvgIpc) is 2.51. The molecule has 0 saturated carbocycles. The molecule has 108 valence electrons. The Balaban J connectivity index is 2.02. The predicted octanol–water partition coefficient (Wildman–Crippen LogP) is 5.73. The second-order valence-electron chi connectivity index (χ2n) is 5.16.